The average Bonchev–Trinajstić information content (AvgIpc) is 2.26. The van der Waals surface area contributed by atoms with Gasteiger partial charge in [-0.3, -0.25) is 0 Å². The summed E-state index contributed by atoms with van der Waals surface area (Å²) in [6.07, 6.45) is 1.19. The Labute approximate surface area is 107 Å². The zero-order valence-electron chi connectivity index (χ0n) is 11.7. The lowest BCUT2D eigenvalue weighted by molar-refractivity contribution is 0.0705. The molecule has 0 N–H and O–H groups in total. The van der Waals surface area contributed by atoms with Crippen LogP contribution in [-0.2, 0) is 10.0 Å². The van der Waals surface area contributed by atoms with Crippen LogP contribution in [-0.4, -0.2) is 15.4 Å². The molecule has 0 radical (unpaired) electrons. The fourth-order valence-electron chi connectivity index (χ4n) is 2.60. The highest BCUT2D eigenvalue weighted by Gasteiger charge is 2.51. The molecule has 0 aliphatic carbocycles. The van der Waals surface area contributed by atoms with Crippen molar-refractivity contribution in [1.82, 2.24) is 0 Å². The molecule has 0 spiro atoms. The van der Waals surface area contributed by atoms with Gasteiger partial charge < -0.3 is 4.43 Å². The standard InChI is InChI=1S/C14H24OSi2/c1-14(13-9-7-6-8-10-13)11-12-16(2,3)17(4,5)15-14/h6-10H,11-12H2,1-5H3. The van der Waals surface area contributed by atoms with Gasteiger partial charge in [-0.15, -0.1) is 0 Å². The molecule has 1 nitrogen and oxygen atoms in total. The minimum atomic E-state index is -1.50. The second kappa shape index (κ2) is 4.07. The van der Waals surface area contributed by atoms with Gasteiger partial charge in [0.25, 0.3) is 0 Å². The molecular weight excluding hydrogens is 240 g/mol. The molecule has 3 heteroatoms. The smallest absolute Gasteiger partial charge is 0.175 e. The third-order valence-corrected chi connectivity index (χ3v) is 21.3. The maximum atomic E-state index is 6.66. The Bertz CT molecular complexity index is 400. The number of benzene rings is 1. The van der Waals surface area contributed by atoms with Crippen molar-refractivity contribution in [3.05, 3.63) is 35.9 Å². The Hall–Kier alpha value is -0.386. The summed E-state index contributed by atoms with van der Waals surface area (Å²) < 4.78 is 6.66. The molecule has 1 aromatic rings. The van der Waals surface area contributed by atoms with Crippen LogP contribution < -0.4 is 0 Å². The first kappa shape index (κ1) is 13.1. The molecule has 0 aromatic heterocycles. The first-order valence-corrected chi connectivity index (χ1v) is 13.6. The normalized spacial score (nSPS) is 31.1. The molecule has 0 amide bonds. The van der Waals surface area contributed by atoms with E-state index in [1.165, 1.54) is 18.0 Å². The van der Waals surface area contributed by atoms with Gasteiger partial charge in [-0.05, 0) is 32.0 Å². The van der Waals surface area contributed by atoms with Crippen LogP contribution in [0.4, 0.5) is 0 Å². The van der Waals surface area contributed by atoms with Gasteiger partial charge in [0.2, 0.25) is 0 Å². The van der Waals surface area contributed by atoms with Crippen molar-refractivity contribution >= 4 is 15.4 Å². The molecule has 1 fully saturated rings. The third-order valence-electron chi connectivity index (χ3n) is 4.72. The predicted molar refractivity (Wildman–Crippen MR) is 79.3 cm³/mol. The molecular formula is C14H24OSi2. The second-order valence-corrected chi connectivity index (χ2v) is 21.8. The first-order valence-electron chi connectivity index (χ1n) is 6.53. The topological polar surface area (TPSA) is 9.23 Å². The third kappa shape index (κ3) is 2.28. The van der Waals surface area contributed by atoms with Gasteiger partial charge in [-0.2, -0.15) is 0 Å². The zero-order valence-corrected chi connectivity index (χ0v) is 13.7. The second-order valence-electron chi connectivity index (χ2n) is 6.59. The van der Waals surface area contributed by atoms with Gasteiger partial charge in [-0.1, -0.05) is 49.5 Å². The molecule has 1 aliphatic heterocycles. The molecule has 2 rings (SSSR count). The van der Waals surface area contributed by atoms with E-state index in [4.69, 9.17) is 4.43 Å². The fourth-order valence-corrected chi connectivity index (χ4v) is 9.61. The lowest BCUT2D eigenvalue weighted by Crippen LogP contribution is -2.63. The van der Waals surface area contributed by atoms with Gasteiger partial charge in [-0.25, -0.2) is 0 Å². The molecule has 1 atom stereocenters. The van der Waals surface area contributed by atoms with E-state index in [-0.39, 0.29) is 5.60 Å². The quantitative estimate of drug-likeness (QED) is 0.687. The highest BCUT2D eigenvalue weighted by Crippen LogP contribution is 2.44. The van der Waals surface area contributed by atoms with E-state index in [1.54, 1.807) is 0 Å². The largest absolute Gasteiger partial charge is 0.411 e. The van der Waals surface area contributed by atoms with Crippen molar-refractivity contribution in [2.24, 2.45) is 0 Å². The van der Waals surface area contributed by atoms with E-state index >= 15 is 0 Å². The Morgan fingerprint density at radius 3 is 2.18 bits per heavy atom. The zero-order chi connectivity index (χ0) is 12.7. The maximum Gasteiger partial charge on any atom is 0.175 e. The molecule has 0 saturated carbocycles. The molecule has 17 heavy (non-hydrogen) atoms. The first-order chi connectivity index (χ1) is 7.77. The summed E-state index contributed by atoms with van der Waals surface area (Å²) in [7, 11) is -2.62. The highest BCUT2D eigenvalue weighted by molar-refractivity contribution is 7.38. The number of hydrogen-bond donors (Lipinski definition) is 0. The molecule has 1 aromatic carbocycles. The van der Waals surface area contributed by atoms with Gasteiger partial charge in [0.1, 0.15) is 0 Å². The Balaban J connectivity index is 2.31. The lowest BCUT2D eigenvalue weighted by atomic mass is 9.93. The molecule has 1 heterocycles. The van der Waals surface area contributed by atoms with E-state index in [0.717, 1.165) is 0 Å². The Morgan fingerprint density at radius 2 is 1.65 bits per heavy atom. The van der Waals surface area contributed by atoms with Crippen LogP contribution in [0.15, 0.2) is 30.3 Å². The van der Waals surface area contributed by atoms with Crippen LogP contribution in [0.5, 0.6) is 0 Å². The van der Waals surface area contributed by atoms with Gasteiger partial charge in [0, 0.05) is 0 Å². The molecule has 1 saturated heterocycles. The molecule has 94 valence electrons. The Morgan fingerprint density at radius 1 is 1.06 bits per heavy atom. The number of hydrogen-bond acceptors (Lipinski definition) is 1. The van der Waals surface area contributed by atoms with Crippen molar-refractivity contribution in [2.75, 3.05) is 0 Å². The minimum absolute atomic E-state index is 0.0422. The van der Waals surface area contributed by atoms with Crippen LogP contribution >= 0.6 is 0 Å². The van der Waals surface area contributed by atoms with Crippen LogP contribution in [0, 0.1) is 0 Å². The molecule has 1 aliphatic rings. The maximum absolute atomic E-state index is 6.66. The molecule has 0 bridgehead atoms. The van der Waals surface area contributed by atoms with Crippen molar-refractivity contribution < 1.29 is 4.43 Å². The van der Waals surface area contributed by atoms with Crippen molar-refractivity contribution in [1.29, 1.82) is 0 Å². The summed E-state index contributed by atoms with van der Waals surface area (Å²) in [5.41, 5.74) is 1.31. The average molecular weight is 265 g/mol. The summed E-state index contributed by atoms with van der Waals surface area (Å²) in [5, 5.41) is 0. The van der Waals surface area contributed by atoms with Gasteiger partial charge >= 0.3 is 0 Å². The highest BCUT2D eigenvalue weighted by atomic mass is 29.3. The summed E-state index contributed by atoms with van der Waals surface area (Å²) in [6.45, 7) is 12.1. The summed E-state index contributed by atoms with van der Waals surface area (Å²) in [5.74, 6) is 0. The predicted octanol–water partition coefficient (Wildman–Crippen LogP) is 4.31. The monoisotopic (exact) mass is 264 g/mol. The van der Waals surface area contributed by atoms with Gasteiger partial charge in [0.15, 0.2) is 7.83 Å². The Kier molecular flexibility index (Phi) is 3.13. The fraction of sp³-hybridized carbons (Fsp3) is 0.571. The number of rotatable bonds is 1. The van der Waals surface area contributed by atoms with Crippen molar-refractivity contribution in [3.8, 4) is 0 Å². The minimum Gasteiger partial charge on any atom is -0.411 e. The van der Waals surface area contributed by atoms with Crippen molar-refractivity contribution in [2.45, 2.75) is 51.2 Å². The van der Waals surface area contributed by atoms with E-state index in [2.05, 4.69) is 63.4 Å². The van der Waals surface area contributed by atoms with Crippen LogP contribution in [0.2, 0.25) is 32.2 Å². The molecule has 1 unspecified atom stereocenters. The SMILES string of the molecule is CC1(c2ccccc2)CC[Si](C)(C)[Si](C)(C)O1. The van der Waals surface area contributed by atoms with E-state index in [1.807, 2.05) is 0 Å². The van der Waals surface area contributed by atoms with Crippen LogP contribution in [0.25, 0.3) is 0 Å². The van der Waals surface area contributed by atoms with E-state index < -0.39 is 15.4 Å². The van der Waals surface area contributed by atoms with E-state index in [9.17, 15) is 0 Å². The van der Waals surface area contributed by atoms with Crippen LogP contribution in [0.3, 0.4) is 0 Å². The summed E-state index contributed by atoms with van der Waals surface area (Å²) >= 11 is 0. The summed E-state index contributed by atoms with van der Waals surface area (Å²) in [4.78, 5) is 0. The van der Waals surface area contributed by atoms with Crippen molar-refractivity contribution in [3.63, 3.8) is 0 Å². The van der Waals surface area contributed by atoms with Gasteiger partial charge in [0.05, 0.1) is 13.2 Å². The lowest BCUT2D eigenvalue weighted by Gasteiger charge is -2.51. The van der Waals surface area contributed by atoms with Crippen LogP contribution in [0.1, 0.15) is 18.9 Å². The van der Waals surface area contributed by atoms with E-state index in [0.29, 0.717) is 0 Å². The summed E-state index contributed by atoms with van der Waals surface area (Å²) in [6, 6.07) is 12.1.